The molecule has 0 spiro atoms. The average molecular weight is 308 g/mol. The molecule has 118 valence electrons. The van der Waals surface area contributed by atoms with Crippen LogP contribution in [-0.4, -0.2) is 18.0 Å². The van der Waals surface area contributed by atoms with Crippen LogP contribution in [0.25, 0.3) is 0 Å². The van der Waals surface area contributed by atoms with Gasteiger partial charge in [-0.25, -0.2) is 8.78 Å². The fraction of sp³-hybridized carbons (Fsp3) is 0.500. The molecular formula is C16H20F2N3O+. The maximum atomic E-state index is 13.7. The molecule has 0 bridgehead atoms. The van der Waals surface area contributed by atoms with Crippen molar-refractivity contribution >= 4 is 5.91 Å². The molecule has 0 saturated heterocycles. The van der Waals surface area contributed by atoms with E-state index in [2.05, 4.69) is 11.4 Å². The quantitative estimate of drug-likeness (QED) is 0.866. The van der Waals surface area contributed by atoms with Crippen LogP contribution in [0.3, 0.4) is 0 Å². The third-order valence-corrected chi connectivity index (χ3v) is 4.16. The molecule has 22 heavy (non-hydrogen) atoms. The normalized spacial score (nSPS) is 17.7. The SMILES string of the molecule is C[C@@H]([NH2+]CC(=O)NC1(C#N)CCCC1)c1ccc(F)cc1F. The van der Waals surface area contributed by atoms with Crippen LogP contribution in [0, 0.1) is 23.0 Å². The Hall–Kier alpha value is -2.00. The van der Waals surface area contributed by atoms with Crippen LogP contribution in [0.4, 0.5) is 8.78 Å². The molecule has 1 atom stereocenters. The Morgan fingerprint density at radius 3 is 2.73 bits per heavy atom. The van der Waals surface area contributed by atoms with Crippen LogP contribution >= 0.6 is 0 Å². The molecule has 1 saturated carbocycles. The van der Waals surface area contributed by atoms with Gasteiger partial charge in [-0.15, -0.1) is 0 Å². The van der Waals surface area contributed by atoms with Gasteiger partial charge in [0.25, 0.3) is 5.91 Å². The smallest absolute Gasteiger partial charge is 0.276 e. The van der Waals surface area contributed by atoms with E-state index in [0.29, 0.717) is 18.4 Å². The molecular weight excluding hydrogens is 288 g/mol. The lowest BCUT2D eigenvalue weighted by Crippen LogP contribution is -2.87. The van der Waals surface area contributed by atoms with Gasteiger partial charge < -0.3 is 10.6 Å². The Bertz CT molecular complexity index is 592. The van der Waals surface area contributed by atoms with Gasteiger partial charge in [0.05, 0.1) is 6.07 Å². The van der Waals surface area contributed by atoms with Gasteiger partial charge in [0.2, 0.25) is 0 Å². The number of rotatable bonds is 5. The Balaban J connectivity index is 1.89. The molecule has 1 amide bonds. The Kier molecular flexibility index (Phi) is 5.09. The van der Waals surface area contributed by atoms with E-state index in [4.69, 9.17) is 0 Å². The van der Waals surface area contributed by atoms with Crippen LogP contribution in [0.5, 0.6) is 0 Å². The summed E-state index contributed by atoms with van der Waals surface area (Å²) < 4.78 is 26.6. The Morgan fingerprint density at radius 1 is 1.45 bits per heavy atom. The summed E-state index contributed by atoms with van der Waals surface area (Å²) in [5.41, 5.74) is -0.389. The number of carbonyl (C=O) groups is 1. The van der Waals surface area contributed by atoms with Gasteiger partial charge in [0.15, 0.2) is 6.54 Å². The fourth-order valence-electron chi connectivity index (χ4n) is 2.84. The summed E-state index contributed by atoms with van der Waals surface area (Å²) in [4.78, 5) is 12.0. The van der Waals surface area contributed by atoms with Crippen LogP contribution < -0.4 is 10.6 Å². The topological polar surface area (TPSA) is 69.5 Å². The molecule has 0 radical (unpaired) electrons. The van der Waals surface area contributed by atoms with Crippen molar-refractivity contribution in [1.82, 2.24) is 5.32 Å². The first-order chi connectivity index (χ1) is 10.5. The minimum Gasteiger partial charge on any atom is -0.333 e. The van der Waals surface area contributed by atoms with Crippen molar-refractivity contribution in [3.8, 4) is 6.07 Å². The van der Waals surface area contributed by atoms with E-state index in [-0.39, 0.29) is 18.5 Å². The number of nitrogens with zero attached hydrogens (tertiary/aromatic N) is 1. The van der Waals surface area contributed by atoms with Crippen molar-refractivity contribution in [2.45, 2.75) is 44.2 Å². The zero-order valence-corrected chi connectivity index (χ0v) is 12.5. The second kappa shape index (κ2) is 6.84. The lowest BCUT2D eigenvalue weighted by Gasteiger charge is -2.22. The summed E-state index contributed by atoms with van der Waals surface area (Å²) in [6, 6.07) is 5.31. The van der Waals surface area contributed by atoms with E-state index in [9.17, 15) is 18.8 Å². The molecule has 0 aliphatic heterocycles. The monoisotopic (exact) mass is 308 g/mol. The predicted octanol–water partition coefficient (Wildman–Crippen LogP) is 1.54. The number of carbonyl (C=O) groups excluding carboxylic acids is 1. The number of hydrogen-bond donors (Lipinski definition) is 2. The summed E-state index contributed by atoms with van der Waals surface area (Å²) in [5, 5.41) is 13.7. The summed E-state index contributed by atoms with van der Waals surface area (Å²) in [7, 11) is 0. The van der Waals surface area contributed by atoms with Crippen molar-refractivity contribution in [2.24, 2.45) is 0 Å². The number of hydrogen-bond acceptors (Lipinski definition) is 2. The first-order valence-corrected chi connectivity index (χ1v) is 7.46. The molecule has 6 heteroatoms. The summed E-state index contributed by atoms with van der Waals surface area (Å²) in [6.45, 7) is 1.85. The number of nitrogens with two attached hydrogens (primary N) is 1. The van der Waals surface area contributed by atoms with E-state index in [1.165, 1.54) is 12.1 Å². The minimum absolute atomic E-state index is 0.0986. The maximum absolute atomic E-state index is 13.7. The first kappa shape index (κ1) is 16.4. The van der Waals surface area contributed by atoms with Crippen molar-refractivity contribution in [1.29, 1.82) is 5.26 Å². The van der Waals surface area contributed by atoms with Crippen molar-refractivity contribution in [3.05, 3.63) is 35.4 Å². The van der Waals surface area contributed by atoms with Gasteiger partial charge in [0, 0.05) is 11.6 Å². The minimum atomic E-state index is -0.741. The van der Waals surface area contributed by atoms with Gasteiger partial charge in [-0.05, 0) is 44.7 Å². The highest BCUT2D eigenvalue weighted by Gasteiger charge is 2.35. The lowest BCUT2D eigenvalue weighted by molar-refractivity contribution is -0.682. The number of halogens is 2. The van der Waals surface area contributed by atoms with Crippen molar-refractivity contribution in [3.63, 3.8) is 0 Å². The highest BCUT2D eigenvalue weighted by atomic mass is 19.1. The van der Waals surface area contributed by atoms with Crippen LogP contribution in [0.2, 0.25) is 0 Å². The molecule has 0 unspecified atom stereocenters. The standard InChI is InChI=1S/C16H19F2N3O/c1-11(13-5-4-12(17)8-14(13)18)20-9-15(22)21-16(10-19)6-2-3-7-16/h4-5,8,11,20H,2-3,6-7,9H2,1H3,(H,21,22)/p+1/t11-/m1/s1. The predicted molar refractivity (Wildman–Crippen MR) is 76.5 cm³/mol. The van der Waals surface area contributed by atoms with Gasteiger partial charge >= 0.3 is 0 Å². The number of amides is 1. The second-order valence-electron chi connectivity index (χ2n) is 5.84. The van der Waals surface area contributed by atoms with E-state index in [0.717, 1.165) is 18.9 Å². The maximum Gasteiger partial charge on any atom is 0.276 e. The Labute approximate surface area is 128 Å². The molecule has 0 heterocycles. The van der Waals surface area contributed by atoms with Gasteiger partial charge in [-0.2, -0.15) is 5.26 Å². The number of benzene rings is 1. The van der Waals surface area contributed by atoms with Crippen molar-refractivity contribution < 1.29 is 18.9 Å². The first-order valence-electron chi connectivity index (χ1n) is 7.46. The third kappa shape index (κ3) is 3.80. The van der Waals surface area contributed by atoms with Gasteiger partial charge in [-0.3, -0.25) is 4.79 Å². The molecule has 2 rings (SSSR count). The third-order valence-electron chi connectivity index (χ3n) is 4.16. The zero-order chi connectivity index (χ0) is 16.2. The second-order valence-corrected chi connectivity index (χ2v) is 5.84. The van der Waals surface area contributed by atoms with Crippen LogP contribution in [-0.2, 0) is 4.79 Å². The summed E-state index contributed by atoms with van der Waals surface area (Å²) in [5.74, 6) is -1.48. The van der Waals surface area contributed by atoms with Gasteiger partial charge in [0.1, 0.15) is 23.2 Å². The zero-order valence-electron chi connectivity index (χ0n) is 12.5. The molecule has 1 aromatic carbocycles. The molecule has 1 fully saturated rings. The number of quaternary nitrogens is 1. The van der Waals surface area contributed by atoms with Gasteiger partial charge in [-0.1, -0.05) is 0 Å². The molecule has 1 aliphatic carbocycles. The van der Waals surface area contributed by atoms with E-state index < -0.39 is 17.2 Å². The van der Waals surface area contributed by atoms with E-state index >= 15 is 0 Å². The highest BCUT2D eigenvalue weighted by Crippen LogP contribution is 2.28. The summed E-state index contributed by atoms with van der Waals surface area (Å²) >= 11 is 0. The van der Waals surface area contributed by atoms with E-state index in [1.807, 2.05) is 0 Å². The molecule has 3 N–H and O–H groups in total. The van der Waals surface area contributed by atoms with E-state index in [1.54, 1.807) is 12.2 Å². The number of nitrogens with one attached hydrogen (secondary N) is 1. The summed E-state index contributed by atoms with van der Waals surface area (Å²) in [6.07, 6.45) is 3.23. The molecule has 0 aromatic heterocycles. The molecule has 1 aliphatic rings. The number of nitriles is 1. The lowest BCUT2D eigenvalue weighted by atomic mass is 10.00. The Morgan fingerprint density at radius 2 is 2.14 bits per heavy atom. The van der Waals surface area contributed by atoms with Crippen molar-refractivity contribution in [2.75, 3.05) is 6.54 Å². The largest absolute Gasteiger partial charge is 0.333 e. The highest BCUT2D eigenvalue weighted by molar-refractivity contribution is 5.78. The molecule has 1 aromatic rings. The van der Waals surface area contributed by atoms with Crippen LogP contribution in [0.1, 0.15) is 44.2 Å². The average Bonchev–Trinajstić information content (AvgIpc) is 2.94. The molecule has 4 nitrogen and oxygen atoms in total. The van der Waals surface area contributed by atoms with Crippen LogP contribution in [0.15, 0.2) is 18.2 Å². The fourth-order valence-corrected chi connectivity index (χ4v) is 2.84.